The van der Waals surface area contributed by atoms with Gasteiger partial charge in [0.15, 0.2) is 5.84 Å². The summed E-state index contributed by atoms with van der Waals surface area (Å²) in [5.74, 6) is -0.0102. The Morgan fingerprint density at radius 2 is 2.13 bits per heavy atom. The molecule has 6 heteroatoms. The lowest BCUT2D eigenvalue weighted by atomic mass is 10.2. The number of nitrogens with zero attached hydrogens (tertiary/aromatic N) is 1. The average molecular weight is 216 g/mol. The van der Waals surface area contributed by atoms with Gasteiger partial charge in [-0.15, -0.1) is 0 Å². The molecule has 0 fully saturated rings. The second-order valence-electron chi connectivity index (χ2n) is 3.59. The van der Waals surface area contributed by atoms with Crippen LogP contribution in [0.15, 0.2) is 5.16 Å². The second-order valence-corrected chi connectivity index (χ2v) is 3.59. The van der Waals surface area contributed by atoms with Crippen LogP contribution in [0.4, 0.5) is 0 Å². The van der Waals surface area contributed by atoms with E-state index in [1.54, 1.807) is 0 Å². The van der Waals surface area contributed by atoms with E-state index in [4.69, 9.17) is 10.9 Å². The van der Waals surface area contributed by atoms with Gasteiger partial charge < -0.3 is 16.3 Å². The van der Waals surface area contributed by atoms with Crippen molar-refractivity contribution in [3.05, 3.63) is 0 Å². The van der Waals surface area contributed by atoms with E-state index >= 15 is 0 Å². The lowest BCUT2D eigenvalue weighted by Gasteiger charge is -2.15. The van der Waals surface area contributed by atoms with Crippen LogP contribution in [0.2, 0.25) is 0 Å². The maximum Gasteiger partial charge on any atom is 0.234 e. The van der Waals surface area contributed by atoms with Crippen molar-refractivity contribution in [2.24, 2.45) is 10.9 Å². The fourth-order valence-corrected chi connectivity index (χ4v) is 1.12. The highest BCUT2D eigenvalue weighted by atomic mass is 16.4. The standard InChI is InChI=1S/C9H20N4O2/c1-4-7(9(10)13-15)11-5-8(14)12-6(2)3/h6-7,11,15H,4-5H2,1-3H3,(H2,10,13)(H,12,14). The van der Waals surface area contributed by atoms with Gasteiger partial charge in [-0.3, -0.25) is 10.1 Å². The predicted molar refractivity (Wildman–Crippen MR) is 58.8 cm³/mol. The number of amidine groups is 1. The average Bonchev–Trinajstić information content (AvgIpc) is 2.17. The Labute approximate surface area is 89.9 Å². The summed E-state index contributed by atoms with van der Waals surface area (Å²) in [5.41, 5.74) is 5.42. The molecule has 6 nitrogen and oxygen atoms in total. The zero-order valence-electron chi connectivity index (χ0n) is 9.45. The zero-order chi connectivity index (χ0) is 11.8. The Bertz CT molecular complexity index is 228. The molecule has 88 valence electrons. The van der Waals surface area contributed by atoms with Gasteiger partial charge in [0.25, 0.3) is 0 Å². The van der Waals surface area contributed by atoms with Gasteiger partial charge in [0.1, 0.15) is 0 Å². The van der Waals surface area contributed by atoms with Crippen LogP contribution in [0.5, 0.6) is 0 Å². The third-order valence-corrected chi connectivity index (χ3v) is 1.84. The Morgan fingerprint density at radius 1 is 1.53 bits per heavy atom. The summed E-state index contributed by atoms with van der Waals surface area (Å²) in [6.45, 7) is 5.82. The lowest BCUT2D eigenvalue weighted by molar-refractivity contribution is -0.120. The number of hydrogen-bond donors (Lipinski definition) is 4. The Kier molecular flexibility index (Phi) is 6.44. The van der Waals surface area contributed by atoms with Crippen molar-refractivity contribution in [3.8, 4) is 0 Å². The van der Waals surface area contributed by atoms with Gasteiger partial charge >= 0.3 is 0 Å². The van der Waals surface area contributed by atoms with E-state index < -0.39 is 0 Å². The third kappa shape index (κ3) is 5.90. The molecule has 0 aromatic carbocycles. The van der Waals surface area contributed by atoms with Crippen LogP contribution in [-0.2, 0) is 4.79 Å². The molecule has 1 amide bonds. The maximum absolute atomic E-state index is 11.3. The first-order valence-electron chi connectivity index (χ1n) is 5.01. The topological polar surface area (TPSA) is 99.7 Å². The van der Waals surface area contributed by atoms with Crippen molar-refractivity contribution in [1.82, 2.24) is 10.6 Å². The number of rotatable bonds is 6. The Hall–Kier alpha value is -1.30. The van der Waals surface area contributed by atoms with Crippen molar-refractivity contribution in [2.45, 2.75) is 39.3 Å². The van der Waals surface area contributed by atoms with Gasteiger partial charge in [-0.1, -0.05) is 12.1 Å². The molecule has 0 saturated heterocycles. The number of nitrogens with two attached hydrogens (primary N) is 1. The van der Waals surface area contributed by atoms with Gasteiger partial charge in [-0.2, -0.15) is 0 Å². The number of nitrogens with one attached hydrogen (secondary N) is 2. The second kappa shape index (κ2) is 7.05. The number of carbonyl (C=O) groups is 1. The summed E-state index contributed by atoms with van der Waals surface area (Å²) in [6.07, 6.45) is 0.658. The van der Waals surface area contributed by atoms with Gasteiger partial charge in [-0.25, -0.2) is 0 Å². The van der Waals surface area contributed by atoms with E-state index in [2.05, 4.69) is 15.8 Å². The molecule has 1 atom stereocenters. The summed E-state index contributed by atoms with van der Waals surface area (Å²) in [5, 5.41) is 17.0. The van der Waals surface area contributed by atoms with Crippen LogP contribution in [0.3, 0.4) is 0 Å². The molecule has 0 aliphatic rings. The highest BCUT2D eigenvalue weighted by molar-refractivity contribution is 5.86. The van der Waals surface area contributed by atoms with Gasteiger partial charge in [0, 0.05) is 6.04 Å². The van der Waals surface area contributed by atoms with Crippen LogP contribution < -0.4 is 16.4 Å². The first-order chi connectivity index (χ1) is 7.01. The first-order valence-corrected chi connectivity index (χ1v) is 5.01. The summed E-state index contributed by atoms with van der Waals surface area (Å²) >= 11 is 0. The molecule has 0 heterocycles. The molecule has 0 bridgehead atoms. The van der Waals surface area contributed by atoms with E-state index in [9.17, 15) is 4.79 Å². The number of hydrogen-bond acceptors (Lipinski definition) is 4. The van der Waals surface area contributed by atoms with E-state index in [0.717, 1.165) is 0 Å². The van der Waals surface area contributed by atoms with Gasteiger partial charge in [0.2, 0.25) is 5.91 Å². The van der Waals surface area contributed by atoms with E-state index in [1.165, 1.54) is 0 Å². The number of amides is 1. The fourth-order valence-electron chi connectivity index (χ4n) is 1.12. The summed E-state index contributed by atoms with van der Waals surface area (Å²) in [4.78, 5) is 11.3. The molecule has 5 N–H and O–H groups in total. The minimum atomic E-state index is -0.270. The molecular weight excluding hydrogens is 196 g/mol. The van der Waals surface area contributed by atoms with Crippen molar-refractivity contribution in [1.29, 1.82) is 0 Å². The Morgan fingerprint density at radius 3 is 2.53 bits per heavy atom. The molecule has 1 unspecified atom stereocenters. The van der Waals surface area contributed by atoms with Crippen molar-refractivity contribution in [2.75, 3.05) is 6.54 Å². The summed E-state index contributed by atoms with van der Waals surface area (Å²) in [7, 11) is 0. The zero-order valence-corrected chi connectivity index (χ0v) is 9.45. The highest BCUT2D eigenvalue weighted by Crippen LogP contribution is 1.90. The minimum absolute atomic E-state index is 0.0925. The van der Waals surface area contributed by atoms with Crippen LogP contribution >= 0.6 is 0 Å². The molecule has 0 spiro atoms. The van der Waals surface area contributed by atoms with Crippen molar-refractivity contribution < 1.29 is 10.0 Å². The monoisotopic (exact) mass is 216 g/mol. The molecule has 0 aliphatic heterocycles. The Balaban J connectivity index is 3.96. The molecule has 0 saturated carbocycles. The van der Waals surface area contributed by atoms with Crippen molar-refractivity contribution >= 4 is 11.7 Å². The normalized spacial score (nSPS) is 14.0. The first kappa shape index (κ1) is 13.7. The molecule has 15 heavy (non-hydrogen) atoms. The smallest absolute Gasteiger partial charge is 0.234 e. The minimum Gasteiger partial charge on any atom is -0.409 e. The van der Waals surface area contributed by atoms with Crippen LogP contribution in [0.1, 0.15) is 27.2 Å². The molecule has 0 aliphatic carbocycles. The largest absolute Gasteiger partial charge is 0.409 e. The SMILES string of the molecule is CCC(NCC(=O)NC(C)C)C(N)=NO. The quantitative estimate of drug-likeness (QED) is 0.210. The van der Waals surface area contributed by atoms with Crippen LogP contribution in [0.25, 0.3) is 0 Å². The predicted octanol–water partition coefficient (Wildman–Crippen LogP) is -0.374. The number of carbonyl (C=O) groups excluding carboxylic acids is 1. The molecule has 0 rings (SSSR count). The molecule has 0 aromatic heterocycles. The van der Waals surface area contributed by atoms with E-state index in [1.807, 2.05) is 20.8 Å². The van der Waals surface area contributed by atoms with E-state index in [-0.39, 0.29) is 30.4 Å². The number of oxime groups is 1. The van der Waals surface area contributed by atoms with Crippen LogP contribution in [0, 0.1) is 0 Å². The molecule has 0 aromatic rings. The van der Waals surface area contributed by atoms with Gasteiger partial charge in [0.05, 0.1) is 12.6 Å². The summed E-state index contributed by atoms with van der Waals surface area (Å²) < 4.78 is 0. The molecular formula is C9H20N4O2. The van der Waals surface area contributed by atoms with Crippen LogP contribution in [-0.4, -0.2) is 35.6 Å². The molecule has 0 radical (unpaired) electrons. The van der Waals surface area contributed by atoms with Gasteiger partial charge in [-0.05, 0) is 20.3 Å². The third-order valence-electron chi connectivity index (χ3n) is 1.84. The fraction of sp³-hybridized carbons (Fsp3) is 0.778. The van der Waals surface area contributed by atoms with E-state index in [0.29, 0.717) is 6.42 Å². The highest BCUT2D eigenvalue weighted by Gasteiger charge is 2.12. The lowest BCUT2D eigenvalue weighted by Crippen LogP contribution is -2.46. The summed E-state index contributed by atoms with van der Waals surface area (Å²) in [6, 6.07) is -0.156. The maximum atomic E-state index is 11.3. The van der Waals surface area contributed by atoms with Crippen molar-refractivity contribution in [3.63, 3.8) is 0 Å².